The van der Waals surface area contributed by atoms with Gasteiger partial charge < -0.3 is 14.2 Å². The molecule has 0 spiro atoms. The minimum absolute atomic E-state index is 0.625. The lowest BCUT2D eigenvalue weighted by Crippen LogP contribution is -2.01. The van der Waals surface area contributed by atoms with Crippen molar-refractivity contribution in [3.05, 3.63) is 35.4 Å². The van der Waals surface area contributed by atoms with Gasteiger partial charge in [-0.3, -0.25) is 0 Å². The smallest absolute Gasteiger partial charge is 0.119 e. The average molecular weight is 335 g/mol. The first-order valence-electron chi connectivity index (χ1n) is 9.27. The van der Waals surface area contributed by atoms with Crippen LogP contribution in [0.1, 0.15) is 63.5 Å². The van der Waals surface area contributed by atoms with Gasteiger partial charge in [0.05, 0.1) is 13.2 Å². The van der Waals surface area contributed by atoms with Crippen LogP contribution >= 0.6 is 0 Å². The van der Waals surface area contributed by atoms with Gasteiger partial charge in [-0.2, -0.15) is 0 Å². The zero-order valence-corrected chi connectivity index (χ0v) is 15.7. The Labute approximate surface area is 148 Å². The highest BCUT2D eigenvalue weighted by molar-refractivity contribution is 5.55. The van der Waals surface area contributed by atoms with Crippen LogP contribution in [0.15, 0.2) is 24.3 Å². The van der Waals surface area contributed by atoms with E-state index in [1.165, 1.54) is 30.4 Å². The molecule has 0 amide bonds. The second-order valence-corrected chi connectivity index (χ2v) is 6.02. The molecule has 0 saturated heterocycles. The maximum atomic E-state index is 5.89. The molecule has 0 unspecified atom stereocenters. The van der Waals surface area contributed by atoms with E-state index < -0.39 is 0 Å². The summed E-state index contributed by atoms with van der Waals surface area (Å²) in [4.78, 5) is 0. The van der Waals surface area contributed by atoms with Crippen molar-refractivity contribution in [2.24, 2.45) is 0 Å². The molecular weight excluding hydrogens is 300 g/mol. The maximum Gasteiger partial charge on any atom is 0.119 e. The average Bonchev–Trinajstić information content (AvgIpc) is 2.60. The van der Waals surface area contributed by atoms with Crippen molar-refractivity contribution >= 4 is 6.08 Å². The highest BCUT2D eigenvalue weighted by Gasteiger charge is 2.04. The fraction of sp³-hybridized carbons (Fsp3) is 0.619. The van der Waals surface area contributed by atoms with Crippen LogP contribution in [0.4, 0.5) is 0 Å². The van der Waals surface area contributed by atoms with Gasteiger partial charge >= 0.3 is 0 Å². The van der Waals surface area contributed by atoms with Crippen molar-refractivity contribution in [1.29, 1.82) is 0 Å². The molecule has 0 aliphatic rings. The van der Waals surface area contributed by atoms with Crippen molar-refractivity contribution in [2.75, 3.05) is 26.9 Å². The zero-order chi connectivity index (χ0) is 17.5. The molecular formula is C21H34O3. The van der Waals surface area contributed by atoms with Gasteiger partial charge in [0.15, 0.2) is 0 Å². The largest absolute Gasteiger partial charge is 0.494 e. The van der Waals surface area contributed by atoms with Crippen LogP contribution in [-0.2, 0) is 16.1 Å². The normalized spacial score (nSPS) is 11.3. The monoisotopic (exact) mass is 334 g/mol. The maximum absolute atomic E-state index is 5.89. The molecule has 136 valence electrons. The Morgan fingerprint density at radius 2 is 1.75 bits per heavy atom. The van der Waals surface area contributed by atoms with Gasteiger partial charge in [-0.05, 0) is 49.4 Å². The molecule has 3 nitrogen and oxygen atoms in total. The Morgan fingerprint density at radius 1 is 0.958 bits per heavy atom. The molecule has 1 aromatic rings. The van der Waals surface area contributed by atoms with Crippen molar-refractivity contribution < 1.29 is 14.2 Å². The van der Waals surface area contributed by atoms with E-state index in [2.05, 4.69) is 37.3 Å². The molecule has 0 aliphatic carbocycles. The number of benzene rings is 1. The third kappa shape index (κ3) is 9.09. The molecule has 0 aromatic heterocycles. The second kappa shape index (κ2) is 14.1. The van der Waals surface area contributed by atoms with Crippen molar-refractivity contribution in [2.45, 2.75) is 59.0 Å². The Balaban J connectivity index is 2.48. The summed E-state index contributed by atoms with van der Waals surface area (Å²) >= 11 is 0. The lowest BCUT2D eigenvalue weighted by atomic mass is 10.1. The Hall–Kier alpha value is -1.32. The van der Waals surface area contributed by atoms with E-state index in [4.69, 9.17) is 14.2 Å². The Bertz CT molecular complexity index is 454. The van der Waals surface area contributed by atoms with E-state index in [9.17, 15) is 0 Å². The predicted octanol–water partition coefficient (Wildman–Crippen LogP) is 5.62. The van der Waals surface area contributed by atoms with Gasteiger partial charge in [-0.25, -0.2) is 0 Å². The van der Waals surface area contributed by atoms with Crippen LogP contribution in [0, 0.1) is 0 Å². The SMILES string of the molecule is C/C=C\c1ccc(OCCCCCC)cc1COCCCCOC. The van der Waals surface area contributed by atoms with Crippen LogP contribution < -0.4 is 4.74 Å². The third-order valence-corrected chi connectivity index (χ3v) is 3.87. The van der Waals surface area contributed by atoms with E-state index in [-0.39, 0.29) is 0 Å². The van der Waals surface area contributed by atoms with Gasteiger partial charge in [-0.15, -0.1) is 0 Å². The Morgan fingerprint density at radius 3 is 2.50 bits per heavy atom. The summed E-state index contributed by atoms with van der Waals surface area (Å²) in [6, 6.07) is 6.28. The van der Waals surface area contributed by atoms with Crippen LogP contribution in [-0.4, -0.2) is 26.9 Å². The third-order valence-electron chi connectivity index (χ3n) is 3.87. The van der Waals surface area contributed by atoms with Gasteiger partial charge in [0.2, 0.25) is 0 Å². The summed E-state index contributed by atoms with van der Waals surface area (Å²) in [6.07, 6.45) is 11.1. The van der Waals surface area contributed by atoms with Gasteiger partial charge in [0.1, 0.15) is 5.75 Å². The topological polar surface area (TPSA) is 27.7 Å². The first-order valence-corrected chi connectivity index (χ1v) is 9.27. The molecule has 24 heavy (non-hydrogen) atoms. The fourth-order valence-corrected chi connectivity index (χ4v) is 2.49. The molecule has 0 saturated carbocycles. The van der Waals surface area contributed by atoms with Crippen molar-refractivity contribution in [3.8, 4) is 5.75 Å². The van der Waals surface area contributed by atoms with Crippen molar-refractivity contribution in [1.82, 2.24) is 0 Å². The zero-order valence-electron chi connectivity index (χ0n) is 15.7. The molecule has 1 aromatic carbocycles. The summed E-state index contributed by atoms with van der Waals surface area (Å²) in [5, 5.41) is 0. The molecule has 0 bridgehead atoms. The van der Waals surface area contributed by atoms with E-state index in [0.717, 1.165) is 44.8 Å². The van der Waals surface area contributed by atoms with Crippen molar-refractivity contribution in [3.63, 3.8) is 0 Å². The number of allylic oxidation sites excluding steroid dienone is 1. The van der Waals surface area contributed by atoms with Crippen LogP contribution in [0.3, 0.4) is 0 Å². The highest BCUT2D eigenvalue weighted by atomic mass is 16.5. The minimum atomic E-state index is 0.625. The number of rotatable bonds is 14. The number of hydrogen-bond donors (Lipinski definition) is 0. The summed E-state index contributed by atoms with van der Waals surface area (Å²) in [5.41, 5.74) is 2.39. The highest BCUT2D eigenvalue weighted by Crippen LogP contribution is 2.21. The standard InChI is InChI=1S/C21H34O3/c1-4-6-7-8-16-24-21-13-12-19(11-5-2)20(17-21)18-23-15-10-9-14-22-3/h5,11-13,17H,4,6-10,14-16,18H2,1-3H3/b11-5-. The molecule has 0 radical (unpaired) electrons. The summed E-state index contributed by atoms with van der Waals surface area (Å²) in [5.74, 6) is 0.942. The van der Waals surface area contributed by atoms with Gasteiger partial charge in [0.25, 0.3) is 0 Å². The predicted molar refractivity (Wildman–Crippen MR) is 102 cm³/mol. The lowest BCUT2D eigenvalue weighted by molar-refractivity contribution is 0.107. The van der Waals surface area contributed by atoms with E-state index in [0.29, 0.717) is 6.61 Å². The fourth-order valence-electron chi connectivity index (χ4n) is 2.49. The first-order chi connectivity index (χ1) is 11.8. The minimum Gasteiger partial charge on any atom is -0.494 e. The lowest BCUT2D eigenvalue weighted by Gasteiger charge is -2.12. The number of hydrogen-bond acceptors (Lipinski definition) is 3. The number of methoxy groups -OCH3 is 1. The van der Waals surface area contributed by atoms with E-state index in [1.807, 2.05) is 6.92 Å². The van der Waals surface area contributed by atoms with Gasteiger partial charge in [0, 0.05) is 20.3 Å². The van der Waals surface area contributed by atoms with Gasteiger partial charge in [-0.1, -0.05) is 44.4 Å². The number of ether oxygens (including phenoxy) is 3. The van der Waals surface area contributed by atoms with Crippen LogP contribution in [0.5, 0.6) is 5.75 Å². The molecule has 1 rings (SSSR count). The van der Waals surface area contributed by atoms with Crippen LogP contribution in [0.25, 0.3) is 6.08 Å². The summed E-state index contributed by atoms with van der Waals surface area (Å²) in [7, 11) is 1.73. The van der Waals surface area contributed by atoms with E-state index in [1.54, 1.807) is 7.11 Å². The number of unbranched alkanes of at least 4 members (excludes halogenated alkanes) is 4. The molecule has 0 aliphatic heterocycles. The quantitative estimate of drug-likeness (QED) is 0.413. The molecule has 0 heterocycles. The first kappa shape index (κ1) is 20.7. The summed E-state index contributed by atoms with van der Waals surface area (Å²) < 4.78 is 16.8. The molecule has 0 fully saturated rings. The molecule has 3 heteroatoms. The second-order valence-electron chi connectivity index (χ2n) is 6.02. The summed E-state index contributed by atoms with van der Waals surface area (Å²) in [6.45, 7) is 7.24. The van der Waals surface area contributed by atoms with Crippen LogP contribution in [0.2, 0.25) is 0 Å². The molecule has 0 atom stereocenters. The Kier molecular flexibility index (Phi) is 12.1. The van der Waals surface area contributed by atoms with E-state index >= 15 is 0 Å². The molecule has 0 N–H and O–H groups in total.